The van der Waals surface area contributed by atoms with E-state index in [1.54, 1.807) is 0 Å². The van der Waals surface area contributed by atoms with Crippen molar-refractivity contribution in [1.82, 2.24) is 0 Å². The van der Waals surface area contributed by atoms with E-state index in [1.165, 1.54) is 0 Å². The number of alkyl halides is 2. The second-order valence-electron chi connectivity index (χ2n) is 4.43. The van der Waals surface area contributed by atoms with Gasteiger partial charge in [0.1, 0.15) is 0 Å². The third-order valence-electron chi connectivity index (χ3n) is 3.20. The van der Waals surface area contributed by atoms with Gasteiger partial charge in [0.2, 0.25) is 0 Å². The number of hydrogen-bond acceptors (Lipinski definition) is 3. The second-order valence-corrected chi connectivity index (χ2v) is 4.43. The van der Waals surface area contributed by atoms with Gasteiger partial charge in [-0.25, -0.2) is 8.78 Å². The number of ether oxygens (including phenoxy) is 2. The van der Waals surface area contributed by atoms with Crippen LogP contribution in [0.5, 0.6) is 0 Å². The summed E-state index contributed by atoms with van der Waals surface area (Å²) in [6.07, 6.45) is 2.13. The first kappa shape index (κ1) is 11.2. The summed E-state index contributed by atoms with van der Waals surface area (Å²) in [4.78, 5) is 0. The van der Waals surface area contributed by atoms with E-state index >= 15 is 0 Å². The number of aliphatic hydroxyl groups excluding tert-OH is 1. The molecule has 0 amide bonds. The zero-order valence-corrected chi connectivity index (χ0v) is 8.55. The van der Waals surface area contributed by atoms with Crippen LogP contribution in [0.3, 0.4) is 0 Å². The van der Waals surface area contributed by atoms with Crippen LogP contribution in [0.2, 0.25) is 0 Å². The second kappa shape index (κ2) is 3.96. The average Bonchev–Trinajstić information content (AvgIpc) is 2.80. The molecule has 2 rings (SSSR count). The fourth-order valence-electron chi connectivity index (χ4n) is 1.85. The molecule has 0 aromatic carbocycles. The Morgan fingerprint density at radius 1 is 1.40 bits per heavy atom. The van der Waals surface area contributed by atoms with Gasteiger partial charge in [-0.15, -0.1) is 0 Å². The Balaban J connectivity index is 1.77. The van der Waals surface area contributed by atoms with Gasteiger partial charge >= 0.3 is 0 Å². The molecule has 1 saturated heterocycles. The number of aliphatic hydroxyl groups is 1. The fraction of sp³-hybridized carbons (Fsp3) is 1.00. The maximum Gasteiger partial charge on any atom is 0.259 e. The first-order valence-corrected chi connectivity index (χ1v) is 5.32. The lowest BCUT2D eigenvalue weighted by atomic mass is 10.1. The van der Waals surface area contributed by atoms with Gasteiger partial charge in [-0.2, -0.15) is 0 Å². The molecule has 0 bridgehead atoms. The molecule has 1 aliphatic heterocycles. The quantitative estimate of drug-likeness (QED) is 0.784. The van der Waals surface area contributed by atoms with Gasteiger partial charge in [-0.1, -0.05) is 0 Å². The van der Waals surface area contributed by atoms with E-state index in [2.05, 4.69) is 0 Å². The van der Waals surface area contributed by atoms with Crippen LogP contribution in [0.15, 0.2) is 0 Å². The molecule has 1 saturated carbocycles. The number of halogens is 2. The summed E-state index contributed by atoms with van der Waals surface area (Å²) in [5.74, 6) is -2.77. The molecule has 5 heteroatoms. The zero-order chi connectivity index (χ0) is 10.9. The Labute approximate surface area is 87.4 Å². The average molecular weight is 222 g/mol. The molecule has 0 spiro atoms. The highest BCUT2D eigenvalue weighted by molar-refractivity contribution is 5.09. The van der Waals surface area contributed by atoms with Gasteiger partial charge in [0, 0.05) is 13.0 Å². The van der Waals surface area contributed by atoms with Crippen molar-refractivity contribution < 1.29 is 23.4 Å². The first-order valence-electron chi connectivity index (χ1n) is 5.32. The molecule has 0 radical (unpaired) electrons. The Bertz CT molecular complexity index is 229. The summed E-state index contributed by atoms with van der Waals surface area (Å²) in [5.41, 5.74) is -1.34. The SMILES string of the molecule is OC[C@]1(COC2CCCCO2)CC1(F)F. The monoisotopic (exact) mass is 222 g/mol. The van der Waals surface area contributed by atoms with Gasteiger partial charge < -0.3 is 14.6 Å². The van der Waals surface area contributed by atoms with Crippen molar-refractivity contribution >= 4 is 0 Å². The Kier molecular flexibility index (Phi) is 2.96. The molecule has 2 atom stereocenters. The van der Waals surface area contributed by atoms with E-state index in [9.17, 15) is 8.78 Å². The van der Waals surface area contributed by atoms with Gasteiger partial charge in [0.25, 0.3) is 5.92 Å². The van der Waals surface area contributed by atoms with Crippen molar-refractivity contribution in [1.29, 1.82) is 0 Å². The Morgan fingerprint density at radius 3 is 2.60 bits per heavy atom. The maximum absolute atomic E-state index is 12.9. The number of rotatable bonds is 4. The fourth-order valence-corrected chi connectivity index (χ4v) is 1.85. The van der Waals surface area contributed by atoms with Crippen molar-refractivity contribution in [3.05, 3.63) is 0 Å². The van der Waals surface area contributed by atoms with E-state index < -0.39 is 17.9 Å². The smallest absolute Gasteiger partial charge is 0.259 e. The standard InChI is InChI=1S/C10H16F2O3/c11-10(12)5-9(10,6-13)7-15-8-3-1-2-4-14-8/h8,13H,1-7H2/t8?,9-/m0/s1. The van der Waals surface area contributed by atoms with Crippen molar-refractivity contribution in [2.75, 3.05) is 19.8 Å². The molecule has 15 heavy (non-hydrogen) atoms. The molecule has 0 aromatic heterocycles. The normalized spacial score (nSPS) is 39.0. The molecule has 3 nitrogen and oxygen atoms in total. The van der Waals surface area contributed by atoms with Gasteiger partial charge in [-0.3, -0.25) is 0 Å². The summed E-state index contributed by atoms with van der Waals surface area (Å²) in [6, 6.07) is 0. The highest BCUT2D eigenvalue weighted by Crippen LogP contribution is 2.60. The van der Waals surface area contributed by atoms with Crippen molar-refractivity contribution in [2.24, 2.45) is 5.41 Å². The Hall–Kier alpha value is -0.260. The Morgan fingerprint density at radius 2 is 2.13 bits per heavy atom. The molecule has 1 aliphatic carbocycles. The largest absolute Gasteiger partial charge is 0.395 e. The third kappa shape index (κ3) is 2.14. The molecule has 1 unspecified atom stereocenters. The summed E-state index contributed by atoms with van der Waals surface area (Å²) in [6.45, 7) is 0.00106. The first-order chi connectivity index (χ1) is 7.10. The minimum atomic E-state index is -2.77. The molecule has 2 fully saturated rings. The van der Waals surface area contributed by atoms with E-state index in [0.717, 1.165) is 19.3 Å². The lowest BCUT2D eigenvalue weighted by Crippen LogP contribution is -2.29. The van der Waals surface area contributed by atoms with Crippen molar-refractivity contribution in [2.45, 2.75) is 37.9 Å². The molecular formula is C10H16F2O3. The minimum absolute atomic E-state index is 0.110. The van der Waals surface area contributed by atoms with Gasteiger partial charge in [-0.05, 0) is 19.3 Å². The van der Waals surface area contributed by atoms with Gasteiger partial charge in [0.05, 0.1) is 18.6 Å². The lowest BCUT2D eigenvalue weighted by Gasteiger charge is -2.24. The predicted molar refractivity (Wildman–Crippen MR) is 48.6 cm³/mol. The molecule has 88 valence electrons. The highest BCUT2D eigenvalue weighted by Gasteiger charge is 2.71. The van der Waals surface area contributed by atoms with E-state index in [-0.39, 0.29) is 19.3 Å². The van der Waals surface area contributed by atoms with E-state index in [1.807, 2.05) is 0 Å². The van der Waals surface area contributed by atoms with Crippen molar-refractivity contribution in [3.8, 4) is 0 Å². The minimum Gasteiger partial charge on any atom is -0.395 e. The molecule has 2 aliphatic rings. The van der Waals surface area contributed by atoms with Crippen LogP contribution in [0, 0.1) is 5.41 Å². The predicted octanol–water partition coefficient (Wildman–Crippen LogP) is 1.55. The van der Waals surface area contributed by atoms with Crippen LogP contribution in [-0.2, 0) is 9.47 Å². The van der Waals surface area contributed by atoms with Gasteiger partial charge in [0.15, 0.2) is 6.29 Å². The maximum atomic E-state index is 12.9. The van der Waals surface area contributed by atoms with Crippen LogP contribution in [0.1, 0.15) is 25.7 Å². The van der Waals surface area contributed by atoms with E-state index in [0.29, 0.717) is 6.61 Å². The molecule has 1 heterocycles. The molecule has 1 N–H and O–H groups in total. The van der Waals surface area contributed by atoms with Crippen LogP contribution in [-0.4, -0.2) is 37.1 Å². The lowest BCUT2D eigenvalue weighted by molar-refractivity contribution is -0.179. The summed E-state index contributed by atoms with van der Waals surface area (Å²) in [5, 5.41) is 8.92. The highest BCUT2D eigenvalue weighted by atomic mass is 19.3. The topological polar surface area (TPSA) is 38.7 Å². The van der Waals surface area contributed by atoms with Crippen molar-refractivity contribution in [3.63, 3.8) is 0 Å². The van der Waals surface area contributed by atoms with Crippen LogP contribution >= 0.6 is 0 Å². The number of hydrogen-bond donors (Lipinski definition) is 1. The summed E-state index contributed by atoms with van der Waals surface area (Å²) >= 11 is 0. The zero-order valence-electron chi connectivity index (χ0n) is 8.55. The summed E-state index contributed by atoms with van der Waals surface area (Å²) < 4.78 is 36.4. The van der Waals surface area contributed by atoms with Crippen LogP contribution in [0.25, 0.3) is 0 Å². The molecule has 0 aromatic rings. The molecular weight excluding hydrogens is 206 g/mol. The van der Waals surface area contributed by atoms with Crippen LogP contribution < -0.4 is 0 Å². The summed E-state index contributed by atoms with van der Waals surface area (Å²) in [7, 11) is 0. The van der Waals surface area contributed by atoms with Crippen LogP contribution in [0.4, 0.5) is 8.78 Å². The third-order valence-corrected chi connectivity index (χ3v) is 3.20. The van der Waals surface area contributed by atoms with E-state index in [4.69, 9.17) is 14.6 Å².